The Morgan fingerprint density at radius 1 is 1.42 bits per heavy atom. The number of aliphatic carboxylic acids is 1. The average molecular weight is 379 g/mol. The molecule has 0 bridgehead atoms. The van der Waals surface area contributed by atoms with E-state index in [0.717, 1.165) is 0 Å². The standard InChI is InChI=1S/C18H18ClNO6/c1-9-10-6-12(19)15(25-2)8-14(10)26-18(24)11(9)7-16(21)20-5-3-4-13(20)17(22)23/h6,8,13H,3-5,7H2,1-2H3,(H,22,23)/p-1/t13-/m1/s1. The monoisotopic (exact) mass is 378 g/mol. The number of carboxylic acids is 1. The molecule has 3 rings (SSSR count). The molecule has 1 amide bonds. The van der Waals surface area contributed by atoms with Crippen molar-refractivity contribution in [3.05, 3.63) is 38.7 Å². The molecule has 0 radical (unpaired) electrons. The van der Waals surface area contributed by atoms with Crippen molar-refractivity contribution in [2.75, 3.05) is 13.7 Å². The summed E-state index contributed by atoms with van der Waals surface area (Å²) in [6.45, 7) is 2.03. The van der Waals surface area contributed by atoms with E-state index >= 15 is 0 Å². The number of amides is 1. The zero-order valence-electron chi connectivity index (χ0n) is 14.3. The summed E-state index contributed by atoms with van der Waals surface area (Å²) in [5.74, 6) is -1.34. The molecule has 8 heteroatoms. The average Bonchev–Trinajstić information content (AvgIpc) is 3.09. The number of carbonyl (C=O) groups excluding carboxylic acids is 2. The topological polar surface area (TPSA) is 99.9 Å². The van der Waals surface area contributed by atoms with Gasteiger partial charge in [0.15, 0.2) is 0 Å². The summed E-state index contributed by atoms with van der Waals surface area (Å²) >= 11 is 6.14. The number of ether oxygens (including phenoxy) is 1. The molecule has 1 saturated heterocycles. The molecule has 7 nitrogen and oxygen atoms in total. The second-order valence-electron chi connectivity index (χ2n) is 6.22. The van der Waals surface area contributed by atoms with Crippen LogP contribution in [0.2, 0.25) is 5.02 Å². The van der Waals surface area contributed by atoms with Gasteiger partial charge in [0.25, 0.3) is 0 Å². The normalized spacial score (nSPS) is 16.9. The molecule has 1 aromatic carbocycles. The Balaban J connectivity index is 1.99. The van der Waals surface area contributed by atoms with Gasteiger partial charge in [0.2, 0.25) is 5.91 Å². The van der Waals surface area contributed by atoms with E-state index < -0.39 is 23.5 Å². The summed E-state index contributed by atoms with van der Waals surface area (Å²) in [6, 6.07) is 2.18. The smallest absolute Gasteiger partial charge is 0.340 e. The van der Waals surface area contributed by atoms with Gasteiger partial charge in [0.1, 0.15) is 11.3 Å². The molecule has 0 saturated carbocycles. The third kappa shape index (κ3) is 3.14. The van der Waals surface area contributed by atoms with Crippen LogP contribution in [0.15, 0.2) is 21.3 Å². The molecular formula is C18H17ClNO6-. The molecule has 0 aliphatic carbocycles. The molecule has 1 aliphatic heterocycles. The van der Waals surface area contributed by atoms with Crippen molar-refractivity contribution in [2.24, 2.45) is 0 Å². The minimum absolute atomic E-state index is 0.188. The van der Waals surface area contributed by atoms with E-state index in [4.69, 9.17) is 20.8 Å². The van der Waals surface area contributed by atoms with Crippen molar-refractivity contribution >= 4 is 34.4 Å². The summed E-state index contributed by atoms with van der Waals surface area (Å²) < 4.78 is 10.4. The Labute approximate surface area is 154 Å². The molecule has 0 unspecified atom stereocenters. The molecule has 138 valence electrons. The number of hydrogen-bond acceptors (Lipinski definition) is 6. The number of benzene rings is 1. The maximum Gasteiger partial charge on any atom is 0.340 e. The molecule has 1 aromatic heterocycles. The Kier molecular flexibility index (Phi) is 4.91. The van der Waals surface area contributed by atoms with E-state index in [-0.39, 0.29) is 12.0 Å². The fraction of sp³-hybridized carbons (Fsp3) is 0.389. The van der Waals surface area contributed by atoms with Crippen LogP contribution in [-0.4, -0.2) is 36.5 Å². The predicted molar refractivity (Wildman–Crippen MR) is 92.2 cm³/mol. The molecule has 0 N–H and O–H groups in total. The lowest BCUT2D eigenvalue weighted by Gasteiger charge is -2.25. The van der Waals surface area contributed by atoms with Crippen molar-refractivity contribution in [2.45, 2.75) is 32.2 Å². The van der Waals surface area contributed by atoms with Gasteiger partial charge < -0.3 is 24.0 Å². The quantitative estimate of drug-likeness (QED) is 0.737. The van der Waals surface area contributed by atoms with E-state index in [1.54, 1.807) is 13.0 Å². The summed E-state index contributed by atoms with van der Waals surface area (Å²) in [5.41, 5.74) is 0.418. The number of aryl methyl sites for hydroxylation is 1. The van der Waals surface area contributed by atoms with Crippen LogP contribution in [0.4, 0.5) is 0 Å². The van der Waals surface area contributed by atoms with Gasteiger partial charge in [-0.05, 0) is 31.4 Å². The van der Waals surface area contributed by atoms with Gasteiger partial charge in [-0.1, -0.05) is 11.6 Å². The molecule has 1 aliphatic rings. The number of halogens is 1. The van der Waals surface area contributed by atoms with Crippen LogP contribution < -0.4 is 15.5 Å². The van der Waals surface area contributed by atoms with Crippen LogP contribution in [0.25, 0.3) is 11.0 Å². The van der Waals surface area contributed by atoms with E-state index in [9.17, 15) is 19.5 Å². The van der Waals surface area contributed by atoms with Gasteiger partial charge in [0.05, 0.1) is 36.1 Å². The van der Waals surface area contributed by atoms with Crippen LogP contribution in [0.3, 0.4) is 0 Å². The highest BCUT2D eigenvalue weighted by Gasteiger charge is 2.30. The molecule has 26 heavy (non-hydrogen) atoms. The molecule has 1 atom stereocenters. The van der Waals surface area contributed by atoms with E-state index in [0.29, 0.717) is 46.7 Å². The number of likely N-dealkylation sites (tertiary alicyclic amines) is 1. The van der Waals surface area contributed by atoms with Gasteiger partial charge >= 0.3 is 5.63 Å². The molecule has 2 aromatic rings. The first kappa shape index (κ1) is 18.3. The van der Waals surface area contributed by atoms with Crippen LogP contribution in [0, 0.1) is 6.92 Å². The number of methoxy groups -OCH3 is 1. The maximum absolute atomic E-state index is 12.5. The number of fused-ring (bicyclic) bond motifs is 1. The maximum atomic E-state index is 12.5. The van der Waals surface area contributed by atoms with Gasteiger partial charge in [0, 0.05) is 18.0 Å². The minimum atomic E-state index is -1.28. The van der Waals surface area contributed by atoms with Crippen LogP contribution >= 0.6 is 11.6 Å². The fourth-order valence-corrected chi connectivity index (χ4v) is 3.55. The number of carboxylic acid groups (broad SMARTS) is 1. The Morgan fingerprint density at radius 2 is 2.15 bits per heavy atom. The molecule has 2 heterocycles. The molecular weight excluding hydrogens is 362 g/mol. The first-order chi connectivity index (χ1) is 12.3. The van der Waals surface area contributed by atoms with Crippen LogP contribution in [0.5, 0.6) is 5.75 Å². The first-order valence-electron chi connectivity index (χ1n) is 8.13. The SMILES string of the molecule is COc1cc2oc(=O)c(CC(=O)N3CCC[C@@H]3C(=O)[O-])c(C)c2cc1Cl. The van der Waals surface area contributed by atoms with Crippen molar-refractivity contribution in [3.8, 4) is 5.75 Å². The van der Waals surface area contributed by atoms with E-state index in [1.807, 2.05) is 0 Å². The predicted octanol–water partition coefficient (Wildman–Crippen LogP) is 1.05. The Bertz CT molecular complexity index is 951. The fourth-order valence-electron chi connectivity index (χ4n) is 3.31. The summed E-state index contributed by atoms with van der Waals surface area (Å²) in [6.07, 6.45) is 0.706. The third-order valence-electron chi connectivity index (χ3n) is 4.73. The Morgan fingerprint density at radius 3 is 2.81 bits per heavy atom. The zero-order valence-corrected chi connectivity index (χ0v) is 15.1. The minimum Gasteiger partial charge on any atom is -0.548 e. The van der Waals surface area contributed by atoms with Gasteiger partial charge in [-0.3, -0.25) is 4.79 Å². The summed E-state index contributed by atoms with van der Waals surface area (Å²) in [7, 11) is 1.45. The highest BCUT2D eigenvalue weighted by Crippen LogP contribution is 2.31. The van der Waals surface area contributed by atoms with E-state index in [2.05, 4.69) is 0 Å². The lowest BCUT2D eigenvalue weighted by atomic mass is 10.0. The van der Waals surface area contributed by atoms with Crippen molar-refractivity contribution < 1.29 is 23.8 Å². The Hall–Kier alpha value is -2.54. The van der Waals surface area contributed by atoms with Crippen LogP contribution in [-0.2, 0) is 16.0 Å². The zero-order chi connectivity index (χ0) is 19.0. The number of rotatable bonds is 4. The lowest BCUT2D eigenvalue weighted by molar-refractivity contribution is -0.310. The van der Waals surface area contributed by atoms with E-state index in [1.165, 1.54) is 18.1 Å². The lowest BCUT2D eigenvalue weighted by Crippen LogP contribution is -2.47. The van der Waals surface area contributed by atoms with Gasteiger partial charge in [-0.15, -0.1) is 0 Å². The molecule has 1 fully saturated rings. The summed E-state index contributed by atoms with van der Waals surface area (Å²) in [4.78, 5) is 37.3. The first-order valence-corrected chi connectivity index (χ1v) is 8.51. The largest absolute Gasteiger partial charge is 0.548 e. The van der Waals surface area contributed by atoms with Crippen LogP contribution in [0.1, 0.15) is 24.0 Å². The second kappa shape index (κ2) is 6.99. The van der Waals surface area contributed by atoms with Crippen molar-refractivity contribution in [1.82, 2.24) is 4.90 Å². The number of carbonyl (C=O) groups is 2. The van der Waals surface area contributed by atoms with Gasteiger partial charge in [-0.2, -0.15) is 0 Å². The third-order valence-corrected chi connectivity index (χ3v) is 5.03. The number of nitrogens with zero attached hydrogens (tertiary/aromatic N) is 1. The van der Waals surface area contributed by atoms with Crippen molar-refractivity contribution in [3.63, 3.8) is 0 Å². The number of hydrogen-bond donors (Lipinski definition) is 0. The van der Waals surface area contributed by atoms with Crippen molar-refractivity contribution in [1.29, 1.82) is 0 Å². The molecule has 0 spiro atoms. The second-order valence-corrected chi connectivity index (χ2v) is 6.62. The van der Waals surface area contributed by atoms with Gasteiger partial charge in [-0.25, -0.2) is 4.79 Å². The highest BCUT2D eigenvalue weighted by atomic mass is 35.5. The summed E-state index contributed by atoms with van der Waals surface area (Å²) in [5, 5.41) is 12.1. The highest BCUT2D eigenvalue weighted by molar-refractivity contribution is 6.32.